The molecule has 4 heteroatoms. The van der Waals surface area contributed by atoms with Crippen molar-refractivity contribution >= 4 is 6.41 Å². The molecule has 0 aliphatic rings. The van der Waals surface area contributed by atoms with E-state index in [0.717, 1.165) is 5.69 Å². The SMILES string of the molecule is CC(N[C]=O)c1cccnn1. The van der Waals surface area contributed by atoms with Gasteiger partial charge in [0.15, 0.2) is 0 Å². The molecule has 0 bridgehead atoms. The van der Waals surface area contributed by atoms with Crippen LogP contribution in [0.2, 0.25) is 0 Å². The quantitative estimate of drug-likeness (QED) is 0.626. The van der Waals surface area contributed by atoms with E-state index in [9.17, 15) is 4.79 Å². The minimum atomic E-state index is -0.124. The van der Waals surface area contributed by atoms with Gasteiger partial charge in [-0.25, -0.2) is 0 Å². The molecule has 1 rings (SSSR count). The summed E-state index contributed by atoms with van der Waals surface area (Å²) in [5.74, 6) is 0. The van der Waals surface area contributed by atoms with Gasteiger partial charge in [0.2, 0.25) is 0 Å². The van der Waals surface area contributed by atoms with E-state index in [1.54, 1.807) is 24.7 Å². The molecular weight excluding hydrogens is 142 g/mol. The number of rotatable bonds is 3. The van der Waals surface area contributed by atoms with Gasteiger partial charge in [-0.2, -0.15) is 10.2 Å². The average molecular weight is 150 g/mol. The van der Waals surface area contributed by atoms with Crippen LogP contribution in [0.15, 0.2) is 18.3 Å². The molecule has 0 fully saturated rings. The van der Waals surface area contributed by atoms with Crippen molar-refractivity contribution in [3.05, 3.63) is 24.0 Å². The number of nitrogens with one attached hydrogen (secondary N) is 1. The van der Waals surface area contributed by atoms with Crippen LogP contribution in [-0.4, -0.2) is 16.6 Å². The molecule has 1 atom stereocenters. The normalized spacial score (nSPS) is 12.1. The molecule has 0 saturated carbocycles. The van der Waals surface area contributed by atoms with E-state index in [1.165, 1.54) is 0 Å². The standard InChI is InChI=1S/C7H8N3O/c1-6(8-5-11)7-3-2-4-9-10-7/h2-4,6H,1H3,(H,8,11). The second kappa shape index (κ2) is 3.65. The van der Waals surface area contributed by atoms with Gasteiger partial charge in [0.1, 0.15) is 0 Å². The molecule has 4 nitrogen and oxygen atoms in total. The molecule has 0 aliphatic heterocycles. The number of aromatic nitrogens is 2. The highest BCUT2D eigenvalue weighted by Crippen LogP contribution is 2.04. The van der Waals surface area contributed by atoms with E-state index >= 15 is 0 Å². The third-order valence-electron chi connectivity index (χ3n) is 1.31. The Balaban J connectivity index is 2.68. The van der Waals surface area contributed by atoms with Gasteiger partial charge in [-0.15, -0.1) is 0 Å². The van der Waals surface area contributed by atoms with Crippen molar-refractivity contribution in [2.75, 3.05) is 0 Å². The number of nitrogens with zero attached hydrogens (tertiary/aromatic N) is 2. The maximum atomic E-state index is 9.90. The van der Waals surface area contributed by atoms with E-state index in [4.69, 9.17) is 0 Å². The Morgan fingerprint density at radius 2 is 2.55 bits per heavy atom. The minimum absolute atomic E-state index is 0.124. The first-order chi connectivity index (χ1) is 5.34. The van der Waals surface area contributed by atoms with Crippen molar-refractivity contribution in [1.29, 1.82) is 0 Å². The number of amides is 1. The van der Waals surface area contributed by atoms with Gasteiger partial charge in [0.25, 0.3) is 0 Å². The van der Waals surface area contributed by atoms with Crippen molar-refractivity contribution in [1.82, 2.24) is 15.5 Å². The lowest BCUT2D eigenvalue weighted by Crippen LogP contribution is -2.17. The number of hydrogen-bond acceptors (Lipinski definition) is 3. The van der Waals surface area contributed by atoms with Crippen molar-refractivity contribution in [2.45, 2.75) is 13.0 Å². The summed E-state index contributed by atoms with van der Waals surface area (Å²) in [7, 11) is 0. The third kappa shape index (κ3) is 2.00. The monoisotopic (exact) mass is 150 g/mol. The molecule has 1 radical (unpaired) electrons. The van der Waals surface area contributed by atoms with Crippen LogP contribution in [0.25, 0.3) is 0 Å². The zero-order valence-corrected chi connectivity index (χ0v) is 6.11. The topological polar surface area (TPSA) is 54.9 Å². The van der Waals surface area contributed by atoms with Gasteiger partial charge in [0, 0.05) is 6.20 Å². The fraction of sp³-hybridized carbons (Fsp3) is 0.286. The molecule has 1 unspecified atom stereocenters. The van der Waals surface area contributed by atoms with Crippen LogP contribution in [0.1, 0.15) is 18.7 Å². The second-order valence-electron chi connectivity index (χ2n) is 2.12. The molecule has 1 amide bonds. The number of hydrogen-bond donors (Lipinski definition) is 1. The molecule has 1 heterocycles. The van der Waals surface area contributed by atoms with Crippen LogP contribution in [0.3, 0.4) is 0 Å². The summed E-state index contributed by atoms with van der Waals surface area (Å²) in [6.07, 6.45) is 3.18. The maximum absolute atomic E-state index is 9.90. The Bertz CT molecular complexity index is 224. The Morgan fingerprint density at radius 1 is 1.73 bits per heavy atom. The zero-order chi connectivity index (χ0) is 8.10. The molecule has 0 saturated heterocycles. The maximum Gasteiger partial charge on any atom is 0.309 e. The largest absolute Gasteiger partial charge is 0.340 e. The third-order valence-corrected chi connectivity index (χ3v) is 1.31. The van der Waals surface area contributed by atoms with E-state index in [0.29, 0.717) is 0 Å². The highest BCUT2D eigenvalue weighted by Gasteiger charge is 2.03. The molecule has 57 valence electrons. The molecule has 1 N–H and O–H groups in total. The highest BCUT2D eigenvalue weighted by molar-refractivity contribution is 5.48. The van der Waals surface area contributed by atoms with Gasteiger partial charge in [-0.3, -0.25) is 4.79 Å². The fourth-order valence-electron chi connectivity index (χ4n) is 0.707. The average Bonchev–Trinajstić information content (AvgIpc) is 2.07. The lowest BCUT2D eigenvalue weighted by Gasteiger charge is -2.05. The summed E-state index contributed by atoms with van der Waals surface area (Å²) in [4.78, 5) is 9.90. The van der Waals surface area contributed by atoms with Crippen LogP contribution >= 0.6 is 0 Å². The second-order valence-corrected chi connectivity index (χ2v) is 2.12. The highest BCUT2D eigenvalue weighted by atomic mass is 16.1. The predicted molar refractivity (Wildman–Crippen MR) is 39.3 cm³/mol. The Labute approximate surface area is 64.6 Å². The van der Waals surface area contributed by atoms with Crippen molar-refractivity contribution < 1.29 is 4.79 Å². The molecular formula is C7H8N3O. The van der Waals surface area contributed by atoms with Crippen LogP contribution < -0.4 is 5.32 Å². The van der Waals surface area contributed by atoms with Gasteiger partial charge < -0.3 is 5.32 Å². The van der Waals surface area contributed by atoms with Crippen LogP contribution in [0, 0.1) is 0 Å². The van der Waals surface area contributed by atoms with E-state index in [1.807, 2.05) is 6.92 Å². The first-order valence-electron chi connectivity index (χ1n) is 3.25. The number of carbonyl (C=O) groups excluding carboxylic acids is 1. The van der Waals surface area contributed by atoms with Crippen LogP contribution in [0.5, 0.6) is 0 Å². The van der Waals surface area contributed by atoms with Gasteiger partial charge in [-0.05, 0) is 19.1 Å². The van der Waals surface area contributed by atoms with E-state index in [-0.39, 0.29) is 6.04 Å². The summed E-state index contributed by atoms with van der Waals surface area (Å²) in [5, 5.41) is 9.93. The summed E-state index contributed by atoms with van der Waals surface area (Å²) in [6, 6.07) is 3.44. The van der Waals surface area contributed by atoms with Crippen molar-refractivity contribution in [2.24, 2.45) is 0 Å². The summed E-state index contributed by atoms with van der Waals surface area (Å²) < 4.78 is 0. The summed E-state index contributed by atoms with van der Waals surface area (Å²) in [5.41, 5.74) is 0.732. The van der Waals surface area contributed by atoms with Gasteiger partial charge in [0.05, 0.1) is 11.7 Å². The lowest BCUT2D eigenvalue weighted by molar-refractivity contribution is 0.526. The van der Waals surface area contributed by atoms with Crippen LogP contribution in [-0.2, 0) is 4.79 Å². The Kier molecular flexibility index (Phi) is 2.54. The Morgan fingerprint density at radius 3 is 3.09 bits per heavy atom. The van der Waals surface area contributed by atoms with Gasteiger partial charge in [-0.1, -0.05) is 0 Å². The van der Waals surface area contributed by atoms with Crippen molar-refractivity contribution in [3.63, 3.8) is 0 Å². The first-order valence-corrected chi connectivity index (χ1v) is 3.25. The van der Waals surface area contributed by atoms with Gasteiger partial charge >= 0.3 is 6.41 Å². The first kappa shape index (κ1) is 7.65. The predicted octanol–water partition coefficient (Wildman–Crippen LogP) is 0.194. The zero-order valence-electron chi connectivity index (χ0n) is 6.11. The van der Waals surface area contributed by atoms with E-state index < -0.39 is 0 Å². The van der Waals surface area contributed by atoms with Crippen LogP contribution in [0.4, 0.5) is 0 Å². The summed E-state index contributed by atoms with van der Waals surface area (Å²) in [6.45, 7) is 1.81. The Hall–Kier alpha value is -1.45. The molecule has 0 aliphatic carbocycles. The smallest absolute Gasteiger partial charge is 0.309 e. The summed E-state index contributed by atoms with van der Waals surface area (Å²) >= 11 is 0. The lowest BCUT2D eigenvalue weighted by atomic mass is 10.2. The minimum Gasteiger partial charge on any atom is -0.340 e. The van der Waals surface area contributed by atoms with Crippen molar-refractivity contribution in [3.8, 4) is 0 Å². The molecule has 11 heavy (non-hydrogen) atoms. The molecule has 0 aromatic carbocycles. The molecule has 0 spiro atoms. The van der Waals surface area contributed by atoms with E-state index in [2.05, 4.69) is 15.5 Å². The molecule has 1 aromatic rings. The fourth-order valence-corrected chi connectivity index (χ4v) is 0.707. The molecule has 1 aromatic heterocycles.